The summed E-state index contributed by atoms with van der Waals surface area (Å²) in [7, 11) is 0. The summed E-state index contributed by atoms with van der Waals surface area (Å²) in [4.78, 5) is 35.2. The van der Waals surface area contributed by atoms with Gasteiger partial charge in [-0.05, 0) is 47.3 Å². The van der Waals surface area contributed by atoms with Gasteiger partial charge in [-0.3, -0.25) is 9.59 Å². The minimum absolute atomic E-state index is 0.0705. The van der Waals surface area contributed by atoms with Crippen LogP contribution in [0.15, 0.2) is 72.9 Å². The van der Waals surface area contributed by atoms with E-state index in [0.29, 0.717) is 46.1 Å². The molecule has 8 nitrogen and oxygen atoms in total. The van der Waals surface area contributed by atoms with Gasteiger partial charge >= 0.3 is 0 Å². The summed E-state index contributed by atoms with van der Waals surface area (Å²) >= 11 is 6.30. The Morgan fingerprint density at radius 2 is 1.81 bits per heavy atom. The number of halogens is 1. The number of pyridine rings is 1. The Hall–Kier alpha value is -4.56. The zero-order valence-corrected chi connectivity index (χ0v) is 20.2. The number of amides is 2. The number of carbonyl (C=O) groups is 2. The molecule has 0 saturated carbocycles. The van der Waals surface area contributed by atoms with Crippen LogP contribution in [0, 0.1) is 0 Å². The molecule has 1 aliphatic heterocycles. The number of alkyl halides is 1. The molecule has 37 heavy (non-hydrogen) atoms. The molecule has 184 valence electrons. The Labute approximate surface area is 216 Å². The van der Waals surface area contributed by atoms with Gasteiger partial charge in [-0.1, -0.05) is 24.3 Å². The van der Waals surface area contributed by atoms with Crippen LogP contribution in [0.1, 0.15) is 32.3 Å². The first-order valence-corrected chi connectivity index (χ1v) is 12.2. The van der Waals surface area contributed by atoms with Crippen molar-refractivity contribution in [3.63, 3.8) is 0 Å². The van der Waals surface area contributed by atoms with Gasteiger partial charge in [0.15, 0.2) is 0 Å². The number of hydrogen-bond acceptors (Lipinski definition) is 5. The molecule has 5 aromatic rings. The monoisotopic (exact) mass is 512 g/mol. The standard InChI is InChI=1S/C28H21ClN4O4/c29-12-17-14-33(23-11-24(35)19-3-1-2-4-20(19)26(17)23)28(37)21-9-16-10-25(30-13-22(16)31-21)32-27(36)15-5-7-18(34)8-6-15/h1-11,13,17,31,34-35H,12,14H2,(H,30,32,36)/t17-/m1/s1. The number of fused-ring (bicyclic) bond motifs is 4. The highest BCUT2D eigenvalue weighted by atomic mass is 35.5. The van der Waals surface area contributed by atoms with Crippen LogP contribution in [0.3, 0.4) is 0 Å². The molecule has 2 aromatic heterocycles. The van der Waals surface area contributed by atoms with E-state index in [0.717, 1.165) is 16.3 Å². The molecule has 4 N–H and O–H groups in total. The van der Waals surface area contributed by atoms with Gasteiger partial charge in [0, 0.05) is 40.7 Å². The van der Waals surface area contributed by atoms with Crippen LogP contribution in [0.2, 0.25) is 0 Å². The largest absolute Gasteiger partial charge is 0.508 e. The number of carbonyl (C=O) groups excluding carboxylic acids is 2. The highest BCUT2D eigenvalue weighted by Gasteiger charge is 2.35. The molecule has 3 heterocycles. The fraction of sp³-hybridized carbons (Fsp3) is 0.107. The maximum atomic E-state index is 13.6. The molecule has 0 fully saturated rings. The Morgan fingerprint density at radius 1 is 1.05 bits per heavy atom. The quantitative estimate of drug-likeness (QED) is 0.242. The molecular weight excluding hydrogens is 492 g/mol. The number of nitrogens with one attached hydrogen (secondary N) is 2. The molecule has 3 aromatic carbocycles. The van der Waals surface area contributed by atoms with Crippen molar-refractivity contribution in [2.24, 2.45) is 0 Å². The lowest BCUT2D eigenvalue weighted by Gasteiger charge is -2.17. The zero-order valence-electron chi connectivity index (χ0n) is 19.4. The van der Waals surface area contributed by atoms with Gasteiger partial charge < -0.3 is 25.4 Å². The van der Waals surface area contributed by atoms with E-state index < -0.39 is 0 Å². The van der Waals surface area contributed by atoms with E-state index in [1.54, 1.807) is 29.3 Å². The van der Waals surface area contributed by atoms with E-state index in [9.17, 15) is 19.8 Å². The van der Waals surface area contributed by atoms with Crippen molar-refractivity contribution >= 4 is 56.6 Å². The molecule has 1 atom stereocenters. The van der Waals surface area contributed by atoms with Crippen molar-refractivity contribution in [2.45, 2.75) is 5.92 Å². The van der Waals surface area contributed by atoms with Crippen molar-refractivity contribution in [3.8, 4) is 11.5 Å². The lowest BCUT2D eigenvalue weighted by atomic mass is 9.95. The van der Waals surface area contributed by atoms with Gasteiger partial charge in [0.05, 0.1) is 17.4 Å². The van der Waals surface area contributed by atoms with Crippen LogP contribution >= 0.6 is 11.6 Å². The first kappa shape index (κ1) is 22.9. The summed E-state index contributed by atoms with van der Waals surface area (Å²) in [6, 6.07) is 18.5. The summed E-state index contributed by atoms with van der Waals surface area (Å²) < 4.78 is 0. The summed E-state index contributed by atoms with van der Waals surface area (Å²) in [6.45, 7) is 0.396. The van der Waals surface area contributed by atoms with Crippen LogP contribution in [-0.2, 0) is 0 Å². The summed E-state index contributed by atoms with van der Waals surface area (Å²) in [5.74, 6) is 0.152. The highest BCUT2D eigenvalue weighted by molar-refractivity contribution is 6.19. The van der Waals surface area contributed by atoms with Gasteiger partial charge in [-0.25, -0.2) is 4.98 Å². The maximum absolute atomic E-state index is 13.6. The zero-order chi connectivity index (χ0) is 25.7. The predicted octanol–water partition coefficient (Wildman–Crippen LogP) is 5.36. The van der Waals surface area contributed by atoms with Gasteiger partial charge in [-0.2, -0.15) is 0 Å². The molecule has 2 amide bonds. The number of nitrogens with zero attached hydrogens (tertiary/aromatic N) is 2. The Morgan fingerprint density at radius 3 is 2.57 bits per heavy atom. The molecule has 6 rings (SSSR count). The van der Waals surface area contributed by atoms with Crippen molar-refractivity contribution < 1.29 is 19.8 Å². The van der Waals surface area contributed by atoms with E-state index >= 15 is 0 Å². The minimum Gasteiger partial charge on any atom is -0.508 e. The predicted molar refractivity (Wildman–Crippen MR) is 143 cm³/mol. The number of phenolic OH excluding ortho intramolecular Hbond substituents is 2. The highest BCUT2D eigenvalue weighted by Crippen LogP contribution is 2.45. The van der Waals surface area contributed by atoms with Gasteiger partial charge in [0.1, 0.15) is 23.0 Å². The second-order valence-corrected chi connectivity index (χ2v) is 9.29. The van der Waals surface area contributed by atoms with Gasteiger partial charge in [0.25, 0.3) is 11.8 Å². The number of aromatic nitrogens is 2. The van der Waals surface area contributed by atoms with Gasteiger partial charge in [-0.15, -0.1) is 11.6 Å². The Kier molecular flexibility index (Phi) is 5.46. The van der Waals surface area contributed by atoms with E-state index in [2.05, 4.69) is 15.3 Å². The number of anilines is 2. The van der Waals surface area contributed by atoms with E-state index in [4.69, 9.17) is 11.6 Å². The molecule has 0 radical (unpaired) electrons. The summed E-state index contributed by atoms with van der Waals surface area (Å²) in [5, 5.41) is 25.1. The molecule has 0 spiro atoms. The fourth-order valence-electron chi connectivity index (χ4n) is 4.91. The maximum Gasteiger partial charge on any atom is 0.274 e. The van der Waals surface area contributed by atoms with Crippen LogP contribution in [0.4, 0.5) is 11.5 Å². The number of rotatable bonds is 4. The topological polar surface area (TPSA) is 119 Å². The first-order chi connectivity index (χ1) is 17.9. The minimum atomic E-state index is -0.369. The molecule has 0 saturated heterocycles. The second-order valence-electron chi connectivity index (χ2n) is 8.98. The second kappa shape index (κ2) is 8.83. The molecular formula is C28H21ClN4O4. The van der Waals surface area contributed by atoms with E-state index in [-0.39, 0.29) is 29.2 Å². The Bertz CT molecular complexity index is 1700. The molecule has 9 heteroatoms. The third kappa shape index (κ3) is 3.91. The smallest absolute Gasteiger partial charge is 0.274 e. The number of H-pyrrole nitrogens is 1. The molecule has 0 aliphatic carbocycles. The molecule has 0 unspecified atom stereocenters. The number of aromatic hydroxyl groups is 2. The summed E-state index contributed by atoms with van der Waals surface area (Å²) in [6.07, 6.45) is 1.55. The number of aromatic amines is 1. The van der Waals surface area contributed by atoms with Crippen LogP contribution < -0.4 is 10.2 Å². The van der Waals surface area contributed by atoms with Crippen molar-refractivity contribution in [2.75, 3.05) is 22.6 Å². The third-order valence-electron chi connectivity index (χ3n) is 6.68. The average Bonchev–Trinajstić information content (AvgIpc) is 3.50. The normalized spacial score (nSPS) is 14.7. The van der Waals surface area contributed by atoms with Crippen molar-refractivity contribution in [3.05, 3.63) is 89.7 Å². The SMILES string of the molecule is O=C(Nc1cc2cc(C(=O)N3C[C@@H](CCl)c4c3cc(O)c3ccccc43)[nH]c2cn1)c1ccc(O)cc1. The first-order valence-electron chi connectivity index (χ1n) is 11.6. The number of phenols is 2. The van der Waals surface area contributed by atoms with Crippen LogP contribution in [0.5, 0.6) is 11.5 Å². The van der Waals surface area contributed by atoms with Crippen molar-refractivity contribution in [1.82, 2.24) is 9.97 Å². The van der Waals surface area contributed by atoms with Crippen LogP contribution in [-0.4, -0.2) is 44.4 Å². The fourth-order valence-corrected chi connectivity index (χ4v) is 5.16. The lowest BCUT2D eigenvalue weighted by Crippen LogP contribution is -2.30. The summed E-state index contributed by atoms with van der Waals surface area (Å²) in [5.41, 5.74) is 2.97. The van der Waals surface area contributed by atoms with Gasteiger partial charge in [0.2, 0.25) is 0 Å². The van der Waals surface area contributed by atoms with E-state index in [1.807, 2.05) is 24.3 Å². The van der Waals surface area contributed by atoms with Crippen molar-refractivity contribution in [1.29, 1.82) is 0 Å². The third-order valence-corrected chi connectivity index (χ3v) is 7.06. The molecule has 0 bridgehead atoms. The Balaban J connectivity index is 1.31. The lowest BCUT2D eigenvalue weighted by molar-refractivity contribution is 0.0983. The number of benzene rings is 3. The average molecular weight is 513 g/mol. The van der Waals surface area contributed by atoms with Crippen LogP contribution in [0.25, 0.3) is 21.7 Å². The number of hydrogen-bond donors (Lipinski definition) is 4. The molecule has 1 aliphatic rings. The van der Waals surface area contributed by atoms with E-state index in [1.165, 1.54) is 24.3 Å².